The van der Waals surface area contributed by atoms with Gasteiger partial charge in [0, 0.05) is 54.4 Å². The van der Waals surface area contributed by atoms with E-state index in [4.69, 9.17) is 9.15 Å². The van der Waals surface area contributed by atoms with E-state index in [1.54, 1.807) is 10.6 Å². The number of anilines is 1. The van der Waals surface area contributed by atoms with Gasteiger partial charge in [-0.2, -0.15) is 5.26 Å². The first-order valence-corrected chi connectivity index (χ1v) is 15.1. The van der Waals surface area contributed by atoms with Crippen LogP contribution < -0.4 is 4.90 Å². The normalized spacial score (nSPS) is 14.0. The molecule has 0 amide bonds. The number of benzene rings is 2. The van der Waals surface area contributed by atoms with Gasteiger partial charge in [-0.25, -0.2) is 9.59 Å². The molecule has 2 aromatic carbocycles. The number of aromatic nitrogens is 1. The van der Waals surface area contributed by atoms with Gasteiger partial charge in [0.25, 0.3) is 0 Å². The predicted molar refractivity (Wildman–Crippen MR) is 174 cm³/mol. The van der Waals surface area contributed by atoms with Gasteiger partial charge in [-0.15, -0.1) is 12.4 Å². The molecule has 3 heterocycles. The molecule has 10 heteroatoms. The summed E-state index contributed by atoms with van der Waals surface area (Å²) in [5, 5.41) is 20.8. The summed E-state index contributed by atoms with van der Waals surface area (Å²) >= 11 is 0. The predicted octanol–water partition coefficient (Wildman–Crippen LogP) is 7.26. The highest BCUT2D eigenvalue weighted by atomic mass is 35.5. The molecule has 1 aliphatic rings. The number of rotatable bonds is 9. The van der Waals surface area contributed by atoms with Crippen molar-refractivity contribution in [2.45, 2.75) is 65.4 Å². The van der Waals surface area contributed by atoms with E-state index in [0.717, 1.165) is 91.5 Å². The van der Waals surface area contributed by atoms with Crippen molar-refractivity contribution < 1.29 is 23.8 Å². The number of nitriles is 1. The standard InChI is InChI=1S/C34H40N4O5.ClH/c1-5-8-26-28-20-25(11-13-30(28)42-31(26)32(39)40)37-17-15-36(16-18-37)14-7-6-9-24-22-38(33(41)43-34(2,3)4)29-12-10-23(21-35)19-27(24)29;/h10-13,19-20,22H,5-9,14-18H2,1-4H3,(H,39,40);1H. The molecule has 9 nitrogen and oxygen atoms in total. The molecule has 4 aromatic rings. The first kappa shape index (κ1) is 32.9. The molecular formula is C34H41ClN4O5. The molecule has 0 aliphatic carbocycles. The second kappa shape index (κ2) is 13.7. The smallest absolute Gasteiger partial charge is 0.419 e. The van der Waals surface area contributed by atoms with Crippen LogP contribution in [0.1, 0.15) is 74.2 Å². The van der Waals surface area contributed by atoms with E-state index >= 15 is 0 Å². The first-order chi connectivity index (χ1) is 20.6. The Labute approximate surface area is 264 Å². The van der Waals surface area contributed by atoms with Crippen LogP contribution in [0.5, 0.6) is 0 Å². The van der Waals surface area contributed by atoms with Crippen LogP contribution in [-0.4, -0.2) is 65.0 Å². The van der Waals surface area contributed by atoms with Gasteiger partial charge >= 0.3 is 12.1 Å². The zero-order chi connectivity index (χ0) is 30.7. The van der Waals surface area contributed by atoms with Gasteiger partial charge in [0.1, 0.15) is 11.2 Å². The lowest BCUT2D eigenvalue weighted by Gasteiger charge is -2.36. The summed E-state index contributed by atoms with van der Waals surface area (Å²) in [6, 6.07) is 13.6. The van der Waals surface area contributed by atoms with Crippen molar-refractivity contribution in [2.24, 2.45) is 0 Å². The summed E-state index contributed by atoms with van der Waals surface area (Å²) in [6.07, 6.45) is 5.77. The van der Waals surface area contributed by atoms with Crippen LogP contribution in [-0.2, 0) is 17.6 Å². The van der Waals surface area contributed by atoms with Crippen LogP contribution in [0, 0.1) is 11.3 Å². The van der Waals surface area contributed by atoms with Crippen LogP contribution in [0.2, 0.25) is 0 Å². The molecule has 0 radical (unpaired) electrons. The summed E-state index contributed by atoms with van der Waals surface area (Å²) in [5.41, 5.74) is 4.28. The molecule has 0 atom stereocenters. The fraction of sp³-hybridized carbons (Fsp3) is 0.441. The first-order valence-electron chi connectivity index (χ1n) is 15.1. The zero-order valence-corrected chi connectivity index (χ0v) is 26.7. The molecule has 1 fully saturated rings. The summed E-state index contributed by atoms with van der Waals surface area (Å²) < 4.78 is 12.8. The summed E-state index contributed by atoms with van der Waals surface area (Å²) in [6.45, 7) is 12.3. The number of nitrogens with zero attached hydrogens (tertiary/aromatic N) is 4. The van der Waals surface area contributed by atoms with Crippen molar-refractivity contribution in [3.05, 3.63) is 65.0 Å². The Morgan fingerprint density at radius 2 is 1.77 bits per heavy atom. The number of hydrogen-bond acceptors (Lipinski definition) is 7. The Morgan fingerprint density at radius 1 is 1.02 bits per heavy atom. The quantitative estimate of drug-likeness (QED) is 0.195. The number of ether oxygens (including phenoxy) is 1. The monoisotopic (exact) mass is 620 g/mol. The highest BCUT2D eigenvalue weighted by Crippen LogP contribution is 2.32. The molecule has 5 rings (SSSR count). The minimum Gasteiger partial charge on any atom is -0.475 e. The number of piperazine rings is 1. The number of carboxylic acid groups (broad SMARTS) is 1. The summed E-state index contributed by atoms with van der Waals surface area (Å²) in [5.74, 6) is -0.964. The SMILES string of the molecule is CCCc1c(C(=O)O)oc2ccc(N3CCN(CCCCc4cn(C(=O)OC(C)(C)C)c5ccc(C#N)cc45)CC3)cc12.Cl. The molecule has 0 saturated carbocycles. The third kappa shape index (κ3) is 7.20. The lowest BCUT2D eigenvalue weighted by Crippen LogP contribution is -2.46. The van der Waals surface area contributed by atoms with E-state index in [1.807, 2.05) is 58.2 Å². The highest BCUT2D eigenvalue weighted by Gasteiger charge is 2.23. The minimum absolute atomic E-state index is 0. The van der Waals surface area contributed by atoms with Gasteiger partial charge in [-0.05, 0) is 95.0 Å². The van der Waals surface area contributed by atoms with Crippen molar-refractivity contribution in [1.29, 1.82) is 5.26 Å². The molecule has 2 aromatic heterocycles. The van der Waals surface area contributed by atoms with Gasteiger partial charge in [0.2, 0.25) is 5.76 Å². The molecular weight excluding hydrogens is 580 g/mol. The van der Waals surface area contributed by atoms with Crippen LogP contribution in [0.25, 0.3) is 21.9 Å². The number of fused-ring (bicyclic) bond motifs is 2. The van der Waals surface area contributed by atoms with Crippen LogP contribution in [0.4, 0.5) is 10.5 Å². The largest absolute Gasteiger partial charge is 0.475 e. The number of carboxylic acids is 1. The second-order valence-electron chi connectivity index (χ2n) is 12.3. The van der Waals surface area contributed by atoms with Crippen LogP contribution >= 0.6 is 12.4 Å². The number of unbranched alkanes of at least 4 members (excludes halogenated alkanes) is 1. The van der Waals surface area contributed by atoms with Crippen molar-refractivity contribution >= 4 is 52.0 Å². The van der Waals surface area contributed by atoms with Crippen LogP contribution in [0.3, 0.4) is 0 Å². The number of hydrogen-bond donors (Lipinski definition) is 1. The Hall–Kier alpha value is -4.00. The average molecular weight is 621 g/mol. The third-order valence-corrected chi connectivity index (χ3v) is 7.98. The number of halogens is 1. The molecule has 0 spiro atoms. The van der Waals surface area contributed by atoms with Crippen molar-refractivity contribution in [1.82, 2.24) is 9.47 Å². The fourth-order valence-corrected chi connectivity index (χ4v) is 5.91. The lowest BCUT2D eigenvalue weighted by atomic mass is 10.0. The van der Waals surface area contributed by atoms with E-state index < -0.39 is 17.7 Å². The average Bonchev–Trinajstić information content (AvgIpc) is 3.53. The van der Waals surface area contributed by atoms with Crippen LogP contribution in [0.15, 0.2) is 47.0 Å². The molecule has 0 unspecified atom stereocenters. The van der Waals surface area contributed by atoms with Gasteiger partial charge in [-0.3, -0.25) is 9.47 Å². The van der Waals surface area contributed by atoms with E-state index in [-0.39, 0.29) is 18.2 Å². The number of furan rings is 1. The van der Waals surface area contributed by atoms with Crippen molar-refractivity contribution in [3.8, 4) is 6.07 Å². The Morgan fingerprint density at radius 3 is 2.43 bits per heavy atom. The van der Waals surface area contributed by atoms with Gasteiger partial charge in [-0.1, -0.05) is 13.3 Å². The molecule has 1 saturated heterocycles. The van der Waals surface area contributed by atoms with Crippen molar-refractivity contribution in [2.75, 3.05) is 37.6 Å². The number of carbonyl (C=O) groups excluding carboxylic acids is 1. The number of aryl methyl sites for hydroxylation is 2. The van der Waals surface area contributed by atoms with E-state index in [9.17, 15) is 20.0 Å². The van der Waals surface area contributed by atoms with E-state index in [0.29, 0.717) is 17.6 Å². The lowest BCUT2D eigenvalue weighted by molar-refractivity contribution is 0.0543. The topological polar surface area (TPSA) is 112 Å². The third-order valence-electron chi connectivity index (χ3n) is 7.98. The highest BCUT2D eigenvalue weighted by molar-refractivity contribution is 5.96. The molecule has 234 valence electrons. The summed E-state index contributed by atoms with van der Waals surface area (Å²) in [4.78, 5) is 29.4. The minimum atomic E-state index is -1.02. The maximum absolute atomic E-state index is 12.9. The maximum atomic E-state index is 12.9. The Balaban J connectivity index is 0.00000442. The van der Waals surface area contributed by atoms with Gasteiger partial charge < -0.3 is 19.2 Å². The number of aromatic carboxylic acids is 1. The van der Waals surface area contributed by atoms with E-state index in [2.05, 4.69) is 21.9 Å². The second-order valence-corrected chi connectivity index (χ2v) is 12.3. The zero-order valence-electron chi connectivity index (χ0n) is 25.9. The fourth-order valence-electron chi connectivity index (χ4n) is 5.91. The molecule has 1 N–H and O–H groups in total. The Bertz CT molecular complexity index is 1690. The number of carbonyl (C=O) groups is 2. The summed E-state index contributed by atoms with van der Waals surface area (Å²) in [7, 11) is 0. The van der Waals surface area contributed by atoms with E-state index in [1.165, 1.54) is 0 Å². The molecule has 1 aliphatic heterocycles. The van der Waals surface area contributed by atoms with Crippen molar-refractivity contribution in [3.63, 3.8) is 0 Å². The van der Waals surface area contributed by atoms with Gasteiger partial charge in [0.15, 0.2) is 0 Å². The molecule has 44 heavy (non-hydrogen) atoms. The maximum Gasteiger partial charge on any atom is 0.419 e. The molecule has 0 bridgehead atoms. The van der Waals surface area contributed by atoms with Gasteiger partial charge in [0.05, 0.1) is 17.1 Å². The Kier molecular flexibility index (Phi) is 10.3.